The van der Waals surface area contributed by atoms with E-state index in [1.165, 1.54) is 0 Å². The zero-order chi connectivity index (χ0) is 97.6. The molecular weight excluding hydrogens is 1780 g/mol. The summed E-state index contributed by atoms with van der Waals surface area (Å²) in [4.78, 5) is 233. The number of carbonyl (C=O) groups is 18. The highest BCUT2D eigenvalue weighted by atomic mass is 32.2. The second-order valence-electron chi connectivity index (χ2n) is 30.3. The molecule has 4 rings (SSSR count). The predicted octanol–water partition coefficient (Wildman–Crippen LogP) is -15.2. The lowest BCUT2D eigenvalue weighted by atomic mass is 9.94. The van der Waals surface area contributed by atoms with Crippen molar-refractivity contribution >= 4 is 130 Å². The molecule has 4 aliphatic rings. The number of aliphatic hydroxyl groups is 10. The number of carbonyl (C=O) groups excluding carboxylic acids is 13. The van der Waals surface area contributed by atoms with Crippen LogP contribution in [0.3, 0.4) is 0 Å². The van der Waals surface area contributed by atoms with Gasteiger partial charge in [-0.3, -0.25) is 71.9 Å². The summed E-state index contributed by atoms with van der Waals surface area (Å²) >= 11 is 1.27. The molecule has 32 unspecified atom stereocenters. The molecule has 0 aromatic carbocycles. The molecule has 4 fully saturated rings. The van der Waals surface area contributed by atoms with Crippen molar-refractivity contribution in [2.24, 2.45) is 5.73 Å². The number of rotatable bonds is 51. The Labute approximate surface area is 742 Å². The van der Waals surface area contributed by atoms with E-state index in [0.29, 0.717) is 23.5 Å². The number of carboxylic acid groups (broad SMARTS) is 5. The van der Waals surface area contributed by atoms with Crippen LogP contribution < -0.4 is 74.9 Å². The largest absolute Gasteiger partial charge is 0.480 e. The molecule has 0 spiro atoms. The fourth-order valence-electron chi connectivity index (χ4n) is 12.9. The van der Waals surface area contributed by atoms with Crippen LogP contribution >= 0.6 is 23.5 Å². The fourth-order valence-corrected chi connectivity index (χ4v) is 15.0. The molecule has 4 heterocycles. The first-order valence-electron chi connectivity index (χ1n) is 39.9. The van der Waals surface area contributed by atoms with Gasteiger partial charge in [-0.2, -0.15) is 23.5 Å². The van der Waals surface area contributed by atoms with Gasteiger partial charge in [-0.25, -0.2) is 14.4 Å². The number of amides is 13. The number of carboxylic acids is 5. The summed E-state index contributed by atoms with van der Waals surface area (Å²) in [6, 6.07) is -23.9. The van der Waals surface area contributed by atoms with Gasteiger partial charge < -0.3 is 189 Å². The van der Waals surface area contributed by atoms with Gasteiger partial charge >= 0.3 is 29.8 Å². The minimum atomic E-state index is -2.00. The number of hydrogen-bond donors (Lipinski definition) is 29. The number of aliphatic hydroxyl groups excluding tert-OH is 10. The zero-order valence-electron chi connectivity index (χ0n) is 71.2. The molecule has 4 saturated heterocycles. The second kappa shape index (κ2) is 53.0. The lowest BCUT2D eigenvalue weighted by Crippen LogP contribution is -2.70. The molecule has 0 aromatic heterocycles. The van der Waals surface area contributed by atoms with Gasteiger partial charge in [0.1, 0.15) is 170 Å². The maximum Gasteiger partial charge on any atom is 0.327 e. The average molecular weight is 1900 g/mol. The van der Waals surface area contributed by atoms with E-state index in [0.717, 1.165) is 69.2 Å². The average Bonchev–Trinajstić information content (AvgIpc) is 0.775. The van der Waals surface area contributed by atoms with E-state index in [9.17, 15) is 163 Å². The Balaban J connectivity index is 1.41. The third-order valence-electron chi connectivity index (χ3n) is 19.9. The van der Waals surface area contributed by atoms with Crippen LogP contribution in [0.1, 0.15) is 94.9 Å². The first-order valence-corrected chi connectivity index (χ1v) is 42.2. The Hall–Kier alpha value is -9.60. The summed E-state index contributed by atoms with van der Waals surface area (Å²) in [6.07, 6.45) is -34.7. The van der Waals surface area contributed by atoms with E-state index in [1.807, 2.05) is 0 Å². The normalized spacial score (nSPS) is 28.3. The topological polar surface area (TPSA) is 867 Å². The number of ether oxygens (including phenoxy) is 8. The molecule has 13 amide bonds. The van der Waals surface area contributed by atoms with Crippen LogP contribution in [-0.2, 0) is 124 Å². The number of nitrogens with two attached hydrogens (primary N) is 1. The quantitative estimate of drug-likeness (QED) is 0.0269. The Morgan fingerprint density at radius 1 is 0.333 bits per heavy atom. The Morgan fingerprint density at radius 2 is 0.636 bits per heavy atom. The molecular formula is C72H116N14O41S2. The van der Waals surface area contributed by atoms with Crippen molar-refractivity contribution in [3.63, 3.8) is 0 Å². The van der Waals surface area contributed by atoms with Gasteiger partial charge in [-0.15, -0.1) is 0 Å². The van der Waals surface area contributed by atoms with Crippen molar-refractivity contribution in [2.45, 2.75) is 290 Å². The van der Waals surface area contributed by atoms with Crippen molar-refractivity contribution in [1.29, 1.82) is 0 Å². The third-order valence-corrected chi connectivity index (χ3v) is 22.2. The Kier molecular flexibility index (Phi) is 45.9. The summed E-state index contributed by atoms with van der Waals surface area (Å²) in [5.41, 5.74) is 5.63. The van der Waals surface area contributed by atoms with Crippen LogP contribution in [0, 0.1) is 0 Å². The maximum absolute atomic E-state index is 13.9. The summed E-state index contributed by atoms with van der Waals surface area (Å²) < 4.78 is 46.4. The lowest BCUT2D eigenvalue weighted by molar-refractivity contribution is -0.333. The minimum Gasteiger partial charge on any atom is -0.480 e. The van der Waals surface area contributed by atoms with Gasteiger partial charge in [-0.05, 0) is 54.4 Å². The van der Waals surface area contributed by atoms with Gasteiger partial charge in [0, 0.05) is 63.5 Å². The van der Waals surface area contributed by atoms with E-state index in [1.54, 1.807) is 0 Å². The molecule has 129 heavy (non-hydrogen) atoms. The minimum absolute atomic E-state index is 0.386. The summed E-state index contributed by atoms with van der Waals surface area (Å²) in [7, 11) is 0. The molecule has 57 heteroatoms. The predicted molar refractivity (Wildman–Crippen MR) is 430 cm³/mol. The molecule has 0 radical (unpaired) electrons. The molecule has 0 saturated carbocycles. The van der Waals surface area contributed by atoms with E-state index in [2.05, 4.69) is 69.1 Å². The molecule has 0 aliphatic carbocycles. The van der Waals surface area contributed by atoms with Crippen LogP contribution in [0.15, 0.2) is 0 Å². The van der Waals surface area contributed by atoms with Gasteiger partial charge in [0.25, 0.3) is 0 Å². The number of aliphatic carboxylic acids is 5. The molecule has 30 N–H and O–H groups in total. The SMILES string of the molecule is CC(=O)NC1C(OC2C(CO)OC(O)C(NC(C)=O)C2OC(C)C(=O)NC(C)C(=O)NC(CCC(=O)NC(CSCC(NC(=O)C(C)NC(=O)C(CSCC(N)C(=O)O)NC(=O)CCC(NC(=O)C(C)NC(=O)C(C)OC2C(NC(C)=O)C(O)OC(CO)C2OC2OC(CO)C(O)C(O)C2NC(C)=O)C(=O)O)C(=O)O)C(=O)NC(C)C(=O)O)C(=O)O)OC(CO)C(O)C1O. The first kappa shape index (κ1) is 112. The summed E-state index contributed by atoms with van der Waals surface area (Å²) in [6.45, 7) is 6.83. The van der Waals surface area contributed by atoms with Crippen molar-refractivity contribution in [3.8, 4) is 0 Å². The fraction of sp³-hybridized carbons (Fsp3) is 0.750. The summed E-state index contributed by atoms with van der Waals surface area (Å²) in [5.74, 6) is -24.0. The van der Waals surface area contributed by atoms with Gasteiger partial charge in [0.15, 0.2) is 25.2 Å². The maximum atomic E-state index is 13.9. The zero-order valence-corrected chi connectivity index (χ0v) is 72.8. The molecule has 0 aromatic rings. The summed E-state index contributed by atoms with van der Waals surface area (Å²) in [5, 5.41) is 184. The van der Waals surface area contributed by atoms with Gasteiger partial charge in [-0.1, -0.05) is 0 Å². The monoisotopic (exact) mass is 1900 g/mol. The number of hydrogen-bond acceptors (Lipinski definition) is 39. The van der Waals surface area contributed by atoms with Crippen molar-refractivity contribution in [2.75, 3.05) is 49.4 Å². The highest BCUT2D eigenvalue weighted by Gasteiger charge is 2.56. The second-order valence-corrected chi connectivity index (χ2v) is 32.4. The third kappa shape index (κ3) is 34.3. The molecule has 0 bridgehead atoms. The van der Waals surface area contributed by atoms with Gasteiger partial charge in [0.2, 0.25) is 76.8 Å². The van der Waals surface area contributed by atoms with Crippen LogP contribution in [0.4, 0.5) is 0 Å². The van der Waals surface area contributed by atoms with Crippen LogP contribution in [0.5, 0.6) is 0 Å². The van der Waals surface area contributed by atoms with Crippen molar-refractivity contribution in [3.05, 3.63) is 0 Å². The smallest absolute Gasteiger partial charge is 0.327 e. The highest BCUT2D eigenvalue weighted by molar-refractivity contribution is 7.99. The van der Waals surface area contributed by atoms with Crippen molar-refractivity contribution in [1.82, 2.24) is 69.1 Å². The standard InChI is InChI=1S/C72H116N14O41S2/c1-23(74-60(104)27(5)120-55-47(80-31(9)93)69(118)122-41(17-89)53(55)126-71-45(78-29(7)91)51(99)49(97)39(15-87)124-71)57(101)84-34(66(112)113)11-13-43(95)82-36(20-128-19-33(73)65(110)111)62(106)76-25(3)59(103)86-38(68(116)117)22-129-21-37(63(107)77-26(4)64(108)109)83-44(96)14-12-35(67(114)115)85-58(102)24(2)75-61(105)28(6)121-56-48(81-32(10)94)70(119)123-42(18-90)54(56)127-72-46(79-30(8)92)52(100)50(98)40(16-88)125-72/h23-28,33-42,45-56,69-72,87-90,97-100,118-119H,11-22,73H2,1-10H3,(H,74,104)(H,75,105)(H,76,106)(H,77,107)(H,78,91)(H,79,92)(H,80,93)(H,81,94)(H,82,95)(H,83,96)(H,84,101)(H,85,102)(H,86,103)(H,108,109)(H,110,111)(H,112,113)(H,114,115)(H,116,117). The number of thioether (sulfide) groups is 2. The Bertz CT molecular complexity index is 3890. The Morgan fingerprint density at radius 3 is 0.946 bits per heavy atom. The van der Waals surface area contributed by atoms with E-state index >= 15 is 0 Å². The molecule has 32 atom stereocenters. The first-order chi connectivity index (χ1) is 60.3. The molecule has 4 aliphatic heterocycles. The van der Waals surface area contributed by atoms with Crippen LogP contribution in [-0.4, -0.2) is 428 Å². The van der Waals surface area contributed by atoms with E-state index in [-0.39, 0.29) is 5.75 Å². The van der Waals surface area contributed by atoms with Gasteiger partial charge in [0.05, 0.1) is 26.4 Å². The van der Waals surface area contributed by atoms with Crippen LogP contribution in [0.25, 0.3) is 0 Å². The van der Waals surface area contributed by atoms with Crippen LogP contribution in [0.2, 0.25) is 0 Å². The molecule has 55 nitrogen and oxygen atoms in total. The van der Waals surface area contributed by atoms with E-state index in [4.69, 9.17) is 43.6 Å². The lowest BCUT2D eigenvalue weighted by Gasteiger charge is -2.48. The van der Waals surface area contributed by atoms with Crippen molar-refractivity contribution < 1.29 is 201 Å². The highest BCUT2D eigenvalue weighted by Crippen LogP contribution is 2.34. The van der Waals surface area contributed by atoms with E-state index < -0.39 is 371 Å². The number of nitrogens with one attached hydrogen (secondary N) is 13. The molecule has 732 valence electrons.